The normalized spacial score (nSPS) is 20.4. The van der Waals surface area contributed by atoms with E-state index >= 15 is 0 Å². The fourth-order valence-corrected chi connectivity index (χ4v) is 1.41. The van der Waals surface area contributed by atoms with Crippen LogP contribution in [0.15, 0.2) is 0 Å². The van der Waals surface area contributed by atoms with Gasteiger partial charge in [0.25, 0.3) is 0 Å². The molecule has 0 aromatic carbocycles. The van der Waals surface area contributed by atoms with Crippen LogP contribution >= 0.6 is 0 Å². The zero-order valence-electron chi connectivity index (χ0n) is 8.04. The van der Waals surface area contributed by atoms with Gasteiger partial charge in [-0.1, -0.05) is 0 Å². The molecule has 14 heavy (non-hydrogen) atoms. The number of carbonyl (C=O) groups is 1. The third-order valence-corrected chi connectivity index (χ3v) is 2.35. The molecule has 1 fully saturated rings. The minimum absolute atomic E-state index is 0.0932. The van der Waals surface area contributed by atoms with E-state index in [0.717, 1.165) is 0 Å². The Hall–Kier alpha value is -0.680. The molecule has 2 N–H and O–H groups in total. The van der Waals surface area contributed by atoms with E-state index in [2.05, 4.69) is 5.32 Å². The molecule has 1 aliphatic rings. The maximum absolute atomic E-state index is 12.2. The van der Waals surface area contributed by atoms with E-state index < -0.39 is 12.7 Å². The predicted molar refractivity (Wildman–Crippen MR) is 48.5 cm³/mol. The number of hydrogen-bond donors (Lipinski definition) is 2. The average Bonchev–Trinajstić information content (AvgIpc) is 2.26. The Morgan fingerprint density at radius 1 is 1.57 bits per heavy atom. The Kier molecular flexibility index (Phi) is 4.82. The van der Waals surface area contributed by atoms with Crippen molar-refractivity contribution in [2.75, 3.05) is 26.5 Å². The number of halogens is 1. The molecule has 0 spiro atoms. The van der Waals surface area contributed by atoms with E-state index in [4.69, 9.17) is 9.84 Å². The molecule has 0 radical (unpaired) electrons. The van der Waals surface area contributed by atoms with Crippen molar-refractivity contribution >= 4 is 5.91 Å². The molecule has 1 atom stereocenters. The molecule has 0 bridgehead atoms. The lowest BCUT2D eigenvalue weighted by molar-refractivity contribution is -0.129. The molecule has 0 aromatic heterocycles. The number of alkyl halides is 1. The number of ether oxygens (including phenoxy) is 1. The minimum atomic E-state index is -0.759. The van der Waals surface area contributed by atoms with Gasteiger partial charge in [0.15, 0.2) is 0 Å². The number of nitrogens with one attached hydrogen (secondary N) is 1. The lowest BCUT2D eigenvalue weighted by atomic mass is 9.99. The van der Waals surface area contributed by atoms with Gasteiger partial charge in [-0.15, -0.1) is 0 Å². The van der Waals surface area contributed by atoms with E-state index in [9.17, 15) is 9.18 Å². The van der Waals surface area contributed by atoms with Crippen LogP contribution in [0.2, 0.25) is 0 Å². The Balaban J connectivity index is 2.32. The second-order valence-electron chi connectivity index (χ2n) is 3.43. The lowest BCUT2D eigenvalue weighted by Crippen LogP contribution is -2.43. The molecule has 0 aliphatic carbocycles. The molecule has 1 rings (SSSR count). The third kappa shape index (κ3) is 3.23. The summed E-state index contributed by atoms with van der Waals surface area (Å²) in [5.74, 6) is -0.269. The fraction of sp³-hybridized carbons (Fsp3) is 0.889. The van der Waals surface area contributed by atoms with E-state index in [-0.39, 0.29) is 18.4 Å². The molecule has 1 aliphatic heterocycles. The number of hydrogen-bond acceptors (Lipinski definition) is 3. The molecule has 0 unspecified atom stereocenters. The van der Waals surface area contributed by atoms with E-state index in [1.54, 1.807) is 0 Å². The van der Waals surface area contributed by atoms with Crippen LogP contribution in [0.3, 0.4) is 0 Å². The van der Waals surface area contributed by atoms with Gasteiger partial charge in [0.05, 0.1) is 12.6 Å². The summed E-state index contributed by atoms with van der Waals surface area (Å²) in [6.07, 6.45) is 1.35. The molecule has 0 saturated carbocycles. The summed E-state index contributed by atoms with van der Waals surface area (Å²) >= 11 is 0. The second kappa shape index (κ2) is 5.93. The standard InChI is InChI=1S/C9H16FNO3/c10-5-8(6-12)11-9(13)7-1-3-14-4-2-7/h7-8,12H,1-6H2,(H,11,13)/t8-/m0/s1. The maximum Gasteiger partial charge on any atom is 0.223 e. The summed E-state index contributed by atoms with van der Waals surface area (Å²) in [6.45, 7) is 0.0753. The Labute approximate surface area is 82.4 Å². The van der Waals surface area contributed by atoms with E-state index in [1.165, 1.54) is 0 Å². The molecule has 1 amide bonds. The Bertz CT molecular complexity index is 179. The highest BCUT2D eigenvalue weighted by Crippen LogP contribution is 2.14. The van der Waals surface area contributed by atoms with Crippen LogP contribution in [0, 0.1) is 5.92 Å². The summed E-state index contributed by atoms with van der Waals surface area (Å²) in [7, 11) is 0. The molecular formula is C9H16FNO3. The summed E-state index contributed by atoms with van der Waals surface area (Å²) in [5.41, 5.74) is 0. The van der Waals surface area contributed by atoms with Gasteiger partial charge in [-0.05, 0) is 12.8 Å². The SMILES string of the molecule is O=C(N[C@H](CO)CF)C1CCOCC1. The van der Waals surface area contributed by atoms with Gasteiger partial charge in [0.1, 0.15) is 6.67 Å². The van der Waals surface area contributed by atoms with Crippen molar-refractivity contribution in [2.24, 2.45) is 5.92 Å². The van der Waals surface area contributed by atoms with Crippen LogP contribution < -0.4 is 5.32 Å². The zero-order chi connectivity index (χ0) is 10.4. The first kappa shape index (κ1) is 11.4. The number of aliphatic hydroxyl groups is 1. The van der Waals surface area contributed by atoms with Crippen molar-refractivity contribution in [3.8, 4) is 0 Å². The Morgan fingerprint density at radius 2 is 2.21 bits per heavy atom. The molecule has 4 nitrogen and oxygen atoms in total. The molecule has 1 saturated heterocycles. The average molecular weight is 205 g/mol. The van der Waals surface area contributed by atoms with Gasteiger partial charge in [-0.2, -0.15) is 0 Å². The summed E-state index contributed by atoms with van der Waals surface area (Å²) in [5, 5.41) is 11.2. The maximum atomic E-state index is 12.2. The van der Waals surface area contributed by atoms with Crippen LogP contribution in [0.25, 0.3) is 0 Å². The van der Waals surface area contributed by atoms with Crippen molar-refractivity contribution in [1.29, 1.82) is 0 Å². The van der Waals surface area contributed by atoms with Gasteiger partial charge in [-0.25, -0.2) is 4.39 Å². The number of amides is 1. The fourth-order valence-electron chi connectivity index (χ4n) is 1.41. The Morgan fingerprint density at radius 3 is 2.71 bits per heavy atom. The first-order chi connectivity index (χ1) is 6.77. The van der Waals surface area contributed by atoms with Gasteiger partial charge < -0.3 is 15.2 Å². The van der Waals surface area contributed by atoms with Crippen molar-refractivity contribution in [2.45, 2.75) is 18.9 Å². The predicted octanol–water partition coefficient (Wildman–Crippen LogP) is -0.140. The van der Waals surface area contributed by atoms with Gasteiger partial charge >= 0.3 is 0 Å². The summed E-state index contributed by atoms with van der Waals surface area (Å²) in [6, 6.07) is -0.759. The van der Waals surface area contributed by atoms with Crippen LogP contribution in [0.4, 0.5) is 4.39 Å². The van der Waals surface area contributed by atoms with Crippen molar-refractivity contribution in [3.05, 3.63) is 0 Å². The molecule has 1 heterocycles. The zero-order valence-corrected chi connectivity index (χ0v) is 8.04. The van der Waals surface area contributed by atoms with Crippen molar-refractivity contribution in [3.63, 3.8) is 0 Å². The van der Waals surface area contributed by atoms with Crippen LogP contribution in [0.1, 0.15) is 12.8 Å². The number of carbonyl (C=O) groups excluding carboxylic acids is 1. The summed E-state index contributed by atoms with van der Waals surface area (Å²) in [4.78, 5) is 11.5. The minimum Gasteiger partial charge on any atom is -0.394 e. The summed E-state index contributed by atoms with van der Waals surface area (Å²) < 4.78 is 17.3. The molecule has 82 valence electrons. The number of rotatable bonds is 4. The smallest absolute Gasteiger partial charge is 0.223 e. The van der Waals surface area contributed by atoms with Gasteiger partial charge in [0.2, 0.25) is 5.91 Å². The molecule has 5 heteroatoms. The lowest BCUT2D eigenvalue weighted by Gasteiger charge is -2.23. The molecule has 0 aromatic rings. The van der Waals surface area contributed by atoms with E-state index in [0.29, 0.717) is 26.1 Å². The molecular weight excluding hydrogens is 189 g/mol. The monoisotopic (exact) mass is 205 g/mol. The third-order valence-electron chi connectivity index (χ3n) is 2.35. The van der Waals surface area contributed by atoms with Gasteiger partial charge in [0, 0.05) is 19.1 Å². The van der Waals surface area contributed by atoms with Crippen LogP contribution in [-0.4, -0.2) is 43.6 Å². The highest BCUT2D eigenvalue weighted by molar-refractivity contribution is 5.79. The highest BCUT2D eigenvalue weighted by Gasteiger charge is 2.23. The topological polar surface area (TPSA) is 58.6 Å². The first-order valence-corrected chi connectivity index (χ1v) is 4.83. The highest BCUT2D eigenvalue weighted by atomic mass is 19.1. The largest absolute Gasteiger partial charge is 0.394 e. The van der Waals surface area contributed by atoms with E-state index in [1.807, 2.05) is 0 Å². The van der Waals surface area contributed by atoms with Crippen molar-refractivity contribution in [1.82, 2.24) is 5.32 Å². The number of aliphatic hydroxyl groups excluding tert-OH is 1. The van der Waals surface area contributed by atoms with Gasteiger partial charge in [-0.3, -0.25) is 4.79 Å². The van der Waals surface area contributed by atoms with Crippen molar-refractivity contribution < 1.29 is 19.0 Å². The van der Waals surface area contributed by atoms with Crippen LogP contribution in [-0.2, 0) is 9.53 Å². The van der Waals surface area contributed by atoms with Crippen LogP contribution in [0.5, 0.6) is 0 Å². The first-order valence-electron chi connectivity index (χ1n) is 4.83. The second-order valence-corrected chi connectivity index (χ2v) is 3.43. The quantitative estimate of drug-likeness (QED) is 0.671.